The summed E-state index contributed by atoms with van der Waals surface area (Å²) in [4.78, 5) is 35.3. The molecular weight excluding hydrogens is 548 g/mol. The van der Waals surface area contributed by atoms with E-state index in [1.807, 2.05) is 11.8 Å². The molecule has 4 amide bonds. The van der Waals surface area contributed by atoms with E-state index in [0.717, 1.165) is 50.7 Å². The Balaban J connectivity index is 0.848. The van der Waals surface area contributed by atoms with Crippen molar-refractivity contribution in [3.63, 3.8) is 0 Å². The summed E-state index contributed by atoms with van der Waals surface area (Å²) in [5.41, 5.74) is 0. The van der Waals surface area contributed by atoms with Gasteiger partial charge in [-0.1, -0.05) is 6.42 Å². The van der Waals surface area contributed by atoms with Gasteiger partial charge < -0.3 is 40.2 Å². The molecule has 0 aromatic heterocycles. The van der Waals surface area contributed by atoms with Crippen molar-refractivity contribution in [2.45, 2.75) is 68.7 Å². The highest BCUT2D eigenvalue weighted by Crippen LogP contribution is 2.52. The summed E-state index contributed by atoms with van der Waals surface area (Å²) in [5.74, 6) is 9.23. The van der Waals surface area contributed by atoms with E-state index in [1.165, 1.54) is 0 Å². The number of fused-ring (bicyclic) bond motifs is 2. The molecule has 0 spiro atoms. The third-order valence-electron chi connectivity index (χ3n) is 8.16. The molecule has 4 N–H and O–H groups in total. The highest BCUT2D eigenvalue weighted by atomic mass is 32.2. The van der Waals surface area contributed by atoms with E-state index in [-0.39, 0.29) is 30.1 Å². The monoisotopic (exact) mass is 594 g/mol. The zero-order chi connectivity index (χ0) is 28.7. The number of amides is 4. The van der Waals surface area contributed by atoms with Crippen molar-refractivity contribution in [2.24, 2.45) is 17.8 Å². The maximum Gasteiger partial charge on any atom is 0.407 e. The van der Waals surface area contributed by atoms with Crippen molar-refractivity contribution in [1.29, 1.82) is 0 Å². The Morgan fingerprint density at radius 2 is 1.54 bits per heavy atom. The highest BCUT2D eigenvalue weighted by molar-refractivity contribution is 8.00. The van der Waals surface area contributed by atoms with Crippen LogP contribution in [0.1, 0.15) is 51.4 Å². The van der Waals surface area contributed by atoms with Crippen LogP contribution in [-0.4, -0.2) is 100 Å². The number of carbonyl (C=O) groups excluding carboxylic acids is 3. The average molecular weight is 595 g/mol. The fourth-order valence-electron chi connectivity index (χ4n) is 5.90. The van der Waals surface area contributed by atoms with E-state index in [4.69, 9.17) is 18.9 Å². The van der Waals surface area contributed by atoms with Crippen molar-refractivity contribution >= 4 is 29.8 Å². The molecule has 0 aromatic rings. The Hall–Kier alpha value is -2.20. The second-order valence-electron chi connectivity index (χ2n) is 11.0. The average Bonchev–Trinajstić information content (AvgIpc) is 3.21. The van der Waals surface area contributed by atoms with Gasteiger partial charge in [-0.2, -0.15) is 11.8 Å². The first-order valence-electron chi connectivity index (χ1n) is 15.2. The lowest BCUT2D eigenvalue weighted by Gasteiger charge is -2.16. The minimum absolute atomic E-state index is 0.0412. The van der Waals surface area contributed by atoms with Gasteiger partial charge in [-0.3, -0.25) is 4.79 Å². The first-order valence-corrected chi connectivity index (χ1v) is 16.2. The van der Waals surface area contributed by atoms with Crippen LogP contribution in [0.4, 0.5) is 9.59 Å². The number of thioether (sulfide) groups is 1. The molecule has 4 aliphatic rings. The molecule has 41 heavy (non-hydrogen) atoms. The standard InChI is InChI=1S/C29H46N4O7S/c34-26(10-6-5-9-25-27-24(20-41-25)32-28(35)33-27)30-11-13-37-15-17-39-18-16-38-14-12-31-29(36)40-19-23-21-7-3-1-2-4-8-22(21)23/h21-25,27H,3-20H2,(H,30,34)(H,31,36)(H2,32,33,35)/t21-,22+,23?,24-,25-,27-/m0/s1. The second-order valence-corrected chi connectivity index (χ2v) is 12.3. The quantitative estimate of drug-likeness (QED) is 0.101. The zero-order valence-electron chi connectivity index (χ0n) is 24.0. The second kappa shape index (κ2) is 17.7. The van der Waals surface area contributed by atoms with Crippen LogP contribution >= 0.6 is 11.8 Å². The zero-order valence-corrected chi connectivity index (χ0v) is 24.8. The van der Waals surface area contributed by atoms with Crippen molar-refractivity contribution < 1.29 is 33.3 Å². The van der Waals surface area contributed by atoms with Gasteiger partial charge in [0.15, 0.2) is 0 Å². The van der Waals surface area contributed by atoms with Crippen LogP contribution in [0.25, 0.3) is 0 Å². The topological polar surface area (TPSA) is 136 Å². The van der Waals surface area contributed by atoms with E-state index >= 15 is 0 Å². The molecule has 2 heterocycles. The summed E-state index contributed by atoms with van der Waals surface area (Å²) in [7, 11) is 0. The number of hydrogen-bond acceptors (Lipinski definition) is 8. The molecule has 2 aliphatic heterocycles. The van der Waals surface area contributed by atoms with Crippen LogP contribution in [-0.2, 0) is 23.7 Å². The van der Waals surface area contributed by atoms with Gasteiger partial charge in [0.2, 0.25) is 5.91 Å². The van der Waals surface area contributed by atoms with Gasteiger partial charge in [-0.25, -0.2) is 9.59 Å². The van der Waals surface area contributed by atoms with Gasteiger partial charge in [0.05, 0.1) is 58.3 Å². The largest absolute Gasteiger partial charge is 0.449 e. The summed E-state index contributed by atoms with van der Waals surface area (Å²) in [6.07, 6.45) is 7.12. The first kappa shape index (κ1) is 31.7. The third kappa shape index (κ3) is 11.2. The molecule has 6 atom stereocenters. The molecule has 1 saturated carbocycles. The van der Waals surface area contributed by atoms with Crippen molar-refractivity contribution in [3.8, 4) is 11.8 Å². The summed E-state index contributed by atoms with van der Waals surface area (Å²) in [5, 5.41) is 12.0. The fourth-order valence-corrected chi connectivity index (χ4v) is 7.44. The number of hydrogen-bond donors (Lipinski definition) is 4. The number of carbonyl (C=O) groups is 3. The fraction of sp³-hybridized carbons (Fsp3) is 0.828. The van der Waals surface area contributed by atoms with Crippen molar-refractivity contribution in [1.82, 2.24) is 21.3 Å². The van der Waals surface area contributed by atoms with Gasteiger partial charge in [0.25, 0.3) is 0 Å². The van der Waals surface area contributed by atoms with Gasteiger partial charge in [0.1, 0.15) is 0 Å². The summed E-state index contributed by atoms with van der Waals surface area (Å²) in [6.45, 7) is 4.00. The lowest BCUT2D eigenvalue weighted by atomic mass is 10.0. The maximum absolute atomic E-state index is 12.0. The third-order valence-corrected chi connectivity index (χ3v) is 9.66. The molecule has 1 unspecified atom stereocenters. The lowest BCUT2D eigenvalue weighted by Crippen LogP contribution is -2.36. The van der Waals surface area contributed by atoms with Crippen LogP contribution in [0.3, 0.4) is 0 Å². The molecule has 0 bridgehead atoms. The SMILES string of the molecule is O=C(CCCC[C@@H]1SC[C@@H]2NC(=O)N[C@@H]21)NCCOCCOCCOCCNC(=O)OCC1[C@H]2CCC#CCC[C@@H]12. The van der Waals surface area contributed by atoms with Gasteiger partial charge in [-0.15, -0.1) is 11.8 Å². The van der Waals surface area contributed by atoms with Crippen molar-refractivity contribution in [2.75, 3.05) is 65.1 Å². The molecule has 3 fully saturated rings. The molecule has 2 aliphatic carbocycles. The van der Waals surface area contributed by atoms with Crippen LogP contribution in [0.15, 0.2) is 0 Å². The number of ether oxygens (including phenoxy) is 4. The number of urea groups is 1. The first-order chi connectivity index (χ1) is 20.1. The maximum atomic E-state index is 12.0. The number of alkyl carbamates (subject to hydrolysis) is 1. The smallest absolute Gasteiger partial charge is 0.407 e. The highest BCUT2D eigenvalue weighted by Gasteiger charge is 2.49. The van der Waals surface area contributed by atoms with Gasteiger partial charge in [0, 0.05) is 43.4 Å². The Morgan fingerprint density at radius 1 is 0.878 bits per heavy atom. The predicted octanol–water partition coefficient (Wildman–Crippen LogP) is 2.04. The number of unbranched alkanes of at least 4 members (excludes halogenated alkanes) is 1. The van der Waals surface area contributed by atoms with Gasteiger partial charge in [-0.05, 0) is 43.4 Å². The Labute approximate surface area is 247 Å². The van der Waals surface area contributed by atoms with E-state index in [2.05, 4.69) is 33.1 Å². The normalized spacial score (nSPS) is 27.7. The molecule has 4 rings (SSSR count). The molecule has 12 heteroatoms. The summed E-state index contributed by atoms with van der Waals surface area (Å²) >= 11 is 1.90. The minimum atomic E-state index is -0.385. The Kier molecular flexibility index (Phi) is 13.7. The molecule has 11 nitrogen and oxygen atoms in total. The Bertz CT molecular complexity index is 895. The predicted molar refractivity (Wildman–Crippen MR) is 155 cm³/mol. The molecule has 2 saturated heterocycles. The van der Waals surface area contributed by atoms with Crippen LogP contribution in [0.2, 0.25) is 0 Å². The molecule has 230 valence electrons. The summed E-state index contributed by atoms with van der Waals surface area (Å²) < 4.78 is 21.8. The molecule has 0 radical (unpaired) electrons. The van der Waals surface area contributed by atoms with Crippen LogP contribution < -0.4 is 21.3 Å². The number of nitrogens with one attached hydrogen (secondary N) is 4. The van der Waals surface area contributed by atoms with Crippen LogP contribution in [0, 0.1) is 29.6 Å². The van der Waals surface area contributed by atoms with Crippen LogP contribution in [0.5, 0.6) is 0 Å². The van der Waals surface area contributed by atoms with E-state index in [0.29, 0.717) is 88.8 Å². The minimum Gasteiger partial charge on any atom is -0.449 e. The number of rotatable bonds is 19. The molecule has 0 aromatic carbocycles. The van der Waals surface area contributed by atoms with E-state index in [1.54, 1.807) is 0 Å². The lowest BCUT2D eigenvalue weighted by molar-refractivity contribution is -0.121. The van der Waals surface area contributed by atoms with E-state index in [9.17, 15) is 14.4 Å². The molecular formula is C29H46N4O7S. The van der Waals surface area contributed by atoms with E-state index < -0.39 is 0 Å². The Morgan fingerprint density at radius 3 is 2.24 bits per heavy atom. The van der Waals surface area contributed by atoms with Crippen molar-refractivity contribution in [3.05, 3.63) is 0 Å². The van der Waals surface area contributed by atoms with Gasteiger partial charge >= 0.3 is 12.1 Å². The summed E-state index contributed by atoms with van der Waals surface area (Å²) in [6, 6.07) is 0.413.